The van der Waals surface area contributed by atoms with Gasteiger partial charge in [0.25, 0.3) is 5.91 Å². The van der Waals surface area contributed by atoms with E-state index >= 15 is 0 Å². The van der Waals surface area contributed by atoms with Gasteiger partial charge in [-0.05, 0) is 33.5 Å². The van der Waals surface area contributed by atoms with Crippen molar-refractivity contribution in [1.29, 1.82) is 0 Å². The summed E-state index contributed by atoms with van der Waals surface area (Å²) in [6.07, 6.45) is 4.38. The number of carbonyl (C=O) groups excluding carboxylic acids is 1. The van der Waals surface area contributed by atoms with Crippen molar-refractivity contribution in [1.82, 2.24) is 19.5 Å². The third-order valence-corrected chi connectivity index (χ3v) is 4.33. The lowest BCUT2D eigenvalue weighted by molar-refractivity contribution is 0.0728. The van der Waals surface area contributed by atoms with Gasteiger partial charge in [-0.25, -0.2) is 9.50 Å². The maximum Gasteiger partial charge on any atom is 0.274 e. The number of carbonyl (C=O) groups is 1. The van der Waals surface area contributed by atoms with Crippen molar-refractivity contribution in [3.8, 4) is 0 Å². The van der Waals surface area contributed by atoms with Gasteiger partial charge in [-0.1, -0.05) is 24.3 Å². The highest BCUT2D eigenvalue weighted by molar-refractivity contribution is 9.10. The van der Waals surface area contributed by atoms with Crippen LogP contribution < -0.4 is 0 Å². The molecule has 110 valence electrons. The Morgan fingerprint density at radius 1 is 1.23 bits per heavy atom. The average Bonchev–Trinajstić information content (AvgIpc) is 2.96. The molecule has 0 fully saturated rings. The fourth-order valence-corrected chi connectivity index (χ4v) is 3.09. The van der Waals surface area contributed by atoms with E-state index in [2.05, 4.69) is 38.1 Å². The van der Waals surface area contributed by atoms with Crippen molar-refractivity contribution < 1.29 is 4.79 Å². The van der Waals surface area contributed by atoms with E-state index in [1.807, 2.05) is 17.0 Å². The molecule has 0 spiro atoms. The summed E-state index contributed by atoms with van der Waals surface area (Å²) >= 11 is 3.35. The van der Waals surface area contributed by atoms with E-state index in [0.717, 1.165) is 17.4 Å². The molecule has 22 heavy (non-hydrogen) atoms. The molecule has 0 N–H and O–H groups in total. The molecule has 0 aliphatic carbocycles. The minimum Gasteiger partial charge on any atom is -0.333 e. The fraction of sp³-hybridized carbons (Fsp3) is 0.188. The van der Waals surface area contributed by atoms with Gasteiger partial charge in [0.15, 0.2) is 11.3 Å². The second-order valence-corrected chi connectivity index (χ2v) is 6.27. The number of benzene rings is 1. The minimum absolute atomic E-state index is 0.0453. The Bertz CT molecular complexity index is 873. The van der Waals surface area contributed by atoms with E-state index in [9.17, 15) is 4.79 Å². The number of hydrogen-bond acceptors (Lipinski definition) is 3. The molecule has 1 amide bonds. The Morgan fingerprint density at radius 3 is 2.91 bits per heavy atom. The van der Waals surface area contributed by atoms with E-state index in [-0.39, 0.29) is 5.91 Å². The number of aromatic nitrogens is 3. The lowest BCUT2D eigenvalue weighted by Crippen LogP contribution is -2.36. The molecule has 5 nitrogen and oxygen atoms in total. The second kappa shape index (κ2) is 5.21. The van der Waals surface area contributed by atoms with Gasteiger partial charge in [-0.15, -0.1) is 0 Å². The predicted molar refractivity (Wildman–Crippen MR) is 85.6 cm³/mol. The van der Waals surface area contributed by atoms with E-state index < -0.39 is 0 Å². The minimum atomic E-state index is -0.0453. The van der Waals surface area contributed by atoms with Gasteiger partial charge in [0.05, 0.1) is 4.47 Å². The molecule has 4 rings (SSSR count). The summed E-state index contributed by atoms with van der Waals surface area (Å²) < 4.78 is 2.45. The third kappa shape index (κ3) is 2.29. The molecule has 1 aromatic carbocycles. The van der Waals surface area contributed by atoms with Crippen LogP contribution in [0.1, 0.15) is 21.6 Å². The molecule has 0 radical (unpaired) electrons. The Balaban J connectivity index is 1.64. The Labute approximate surface area is 135 Å². The molecule has 6 heteroatoms. The van der Waals surface area contributed by atoms with E-state index in [1.165, 1.54) is 11.1 Å². The summed E-state index contributed by atoms with van der Waals surface area (Å²) in [7, 11) is 0. The number of fused-ring (bicyclic) bond motifs is 2. The maximum atomic E-state index is 12.7. The highest BCUT2D eigenvalue weighted by Crippen LogP contribution is 2.20. The van der Waals surface area contributed by atoms with Crippen LogP contribution >= 0.6 is 15.9 Å². The van der Waals surface area contributed by atoms with Crippen LogP contribution in [0.3, 0.4) is 0 Å². The molecule has 2 aromatic heterocycles. The van der Waals surface area contributed by atoms with Gasteiger partial charge < -0.3 is 4.90 Å². The molecule has 1 aliphatic heterocycles. The molecule has 0 bridgehead atoms. The number of rotatable bonds is 1. The van der Waals surface area contributed by atoms with E-state index in [4.69, 9.17) is 0 Å². The van der Waals surface area contributed by atoms with Crippen LogP contribution in [-0.4, -0.2) is 31.9 Å². The van der Waals surface area contributed by atoms with Crippen molar-refractivity contribution in [2.75, 3.05) is 6.54 Å². The SMILES string of the molecule is O=C(c1cc2ncc(Br)cn2n1)N1CCc2ccccc2C1. The lowest BCUT2D eigenvalue weighted by atomic mass is 10.00. The van der Waals surface area contributed by atoms with Crippen molar-refractivity contribution in [3.05, 3.63) is 64.0 Å². The molecule has 3 heterocycles. The lowest BCUT2D eigenvalue weighted by Gasteiger charge is -2.28. The van der Waals surface area contributed by atoms with E-state index in [0.29, 0.717) is 17.9 Å². The quantitative estimate of drug-likeness (QED) is 0.673. The molecule has 1 aliphatic rings. The van der Waals surface area contributed by atoms with Gasteiger partial charge in [0, 0.05) is 31.5 Å². The first-order chi connectivity index (χ1) is 10.7. The van der Waals surface area contributed by atoms with Gasteiger partial charge in [-0.2, -0.15) is 5.10 Å². The van der Waals surface area contributed by atoms with Crippen LogP contribution in [0.4, 0.5) is 0 Å². The van der Waals surface area contributed by atoms with Crippen LogP contribution in [-0.2, 0) is 13.0 Å². The average molecular weight is 357 g/mol. The van der Waals surface area contributed by atoms with Gasteiger partial charge in [0.1, 0.15) is 0 Å². The van der Waals surface area contributed by atoms with Crippen LogP contribution in [0.25, 0.3) is 5.65 Å². The maximum absolute atomic E-state index is 12.7. The molecule has 0 saturated carbocycles. The zero-order chi connectivity index (χ0) is 15.1. The highest BCUT2D eigenvalue weighted by atomic mass is 79.9. The molecule has 3 aromatic rings. The number of nitrogens with zero attached hydrogens (tertiary/aromatic N) is 4. The van der Waals surface area contributed by atoms with Crippen molar-refractivity contribution in [2.24, 2.45) is 0 Å². The molecular formula is C16H13BrN4O. The number of halogens is 1. The van der Waals surface area contributed by atoms with Crippen molar-refractivity contribution in [2.45, 2.75) is 13.0 Å². The number of amides is 1. The van der Waals surface area contributed by atoms with Gasteiger partial charge in [0.2, 0.25) is 0 Å². The summed E-state index contributed by atoms with van der Waals surface area (Å²) in [5.41, 5.74) is 3.65. The van der Waals surface area contributed by atoms with Crippen LogP contribution in [0.5, 0.6) is 0 Å². The van der Waals surface area contributed by atoms with Crippen LogP contribution in [0, 0.1) is 0 Å². The molecular weight excluding hydrogens is 344 g/mol. The highest BCUT2D eigenvalue weighted by Gasteiger charge is 2.23. The van der Waals surface area contributed by atoms with Crippen molar-refractivity contribution >= 4 is 27.5 Å². The summed E-state index contributed by atoms with van der Waals surface area (Å²) in [5.74, 6) is -0.0453. The Morgan fingerprint density at radius 2 is 2.05 bits per heavy atom. The molecule has 0 unspecified atom stereocenters. The second-order valence-electron chi connectivity index (χ2n) is 5.35. The summed E-state index contributed by atoms with van der Waals surface area (Å²) in [6.45, 7) is 1.36. The smallest absolute Gasteiger partial charge is 0.274 e. The molecule has 0 atom stereocenters. The van der Waals surface area contributed by atoms with Gasteiger partial charge in [-0.3, -0.25) is 4.79 Å². The standard InChI is InChI=1S/C16H13BrN4O/c17-13-8-18-15-7-14(19-21(15)10-13)16(22)20-6-5-11-3-1-2-4-12(11)9-20/h1-4,7-8,10H,5-6,9H2. The summed E-state index contributed by atoms with van der Waals surface area (Å²) in [6, 6.07) is 10.00. The zero-order valence-corrected chi connectivity index (χ0v) is 13.3. The molecule has 0 saturated heterocycles. The first-order valence-electron chi connectivity index (χ1n) is 7.08. The Hall–Kier alpha value is -2.21. The van der Waals surface area contributed by atoms with Gasteiger partial charge >= 0.3 is 0 Å². The van der Waals surface area contributed by atoms with Crippen LogP contribution in [0.2, 0.25) is 0 Å². The first-order valence-corrected chi connectivity index (χ1v) is 7.87. The summed E-state index contributed by atoms with van der Waals surface area (Å²) in [5, 5.41) is 4.34. The van der Waals surface area contributed by atoms with Crippen molar-refractivity contribution in [3.63, 3.8) is 0 Å². The number of hydrogen-bond donors (Lipinski definition) is 0. The third-order valence-electron chi connectivity index (χ3n) is 3.92. The topological polar surface area (TPSA) is 50.5 Å². The zero-order valence-electron chi connectivity index (χ0n) is 11.7. The largest absolute Gasteiger partial charge is 0.333 e. The predicted octanol–water partition coefficient (Wildman–Crippen LogP) is 2.69. The van der Waals surface area contributed by atoms with Crippen LogP contribution in [0.15, 0.2) is 47.2 Å². The first kappa shape index (κ1) is 13.5. The fourth-order valence-electron chi connectivity index (χ4n) is 2.79. The Kier molecular flexibility index (Phi) is 3.18. The van der Waals surface area contributed by atoms with E-state index in [1.54, 1.807) is 23.0 Å². The normalized spacial score (nSPS) is 14.1. The monoisotopic (exact) mass is 356 g/mol. The summed E-state index contributed by atoms with van der Waals surface area (Å²) in [4.78, 5) is 18.8.